The Kier molecular flexibility index (Phi) is 5.08. The van der Waals surface area contributed by atoms with Gasteiger partial charge in [0, 0.05) is 10.7 Å². The van der Waals surface area contributed by atoms with Crippen LogP contribution in [0.25, 0.3) is 0 Å². The van der Waals surface area contributed by atoms with E-state index >= 15 is 0 Å². The molecule has 0 unspecified atom stereocenters. The molecule has 0 aliphatic carbocycles. The molecule has 0 spiro atoms. The molecule has 6 heteroatoms. The minimum Gasteiger partial charge on any atom is -0.273 e. The van der Waals surface area contributed by atoms with Crippen LogP contribution in [0, 0.1) is 0 Å². The van der Waals surface area contributed by atoms with Crippen LogP contribution in [0.5, 0.6) is 0 Å². The lowest BCUT2D eigenvalue weighted by atomic mass is 15.9. The van der Waals surface area contributed by atoms with E-state index in [4.69, 9.17) is 13.0 Å². The van der Waals surface area contributed by atoms with Crippen molar-refractivity contribution in [2.45, 2.75) is 0 Å². The fourth-order valence-corrected chi connectivity index (χ4v) is 0. The van der Waals surface area contributed by atoms with Crippen molar-refractivity contribution in [3.63, 3.8) is 0 Å². The maximum Gasteiger partial charge on any atom is 0.353 e. The van der Waals surface area contributed by atoms with E-state index in [1.54, 1.807) is 0 Å². The summed E-state index contributed by atoms with van der Waals surface area (Å²) < 4.78 is 25.2. The average Bonchev–Trinajstić information content (AvgIpc) is 0.722. The topological polar surface area (TPSA) is 54.4 Å². The largest absolute Gasteiger partial charge is 0.353 e. The second kappa shape index (κ2) is 3.03. The van der Waals surface area contributed by atoms with Crippen LogP contribution in [0.1, 0.15) is 0 Å². The van der Waals surface area contributed by atoms with E-state index in [2.05, 4.69) is 10.7 Å². The fraction of sp³-hybridized carbons (Fsp3) is 0. The zero-order valence-corrected chi connectivity index (χ0v) is 3.62. The summed E-state index contributed by atoms with van der Waals surface area (Å²) >= 11 is 0. The summed E-state index contributed by atoms with van der Waals surface area (Å²) in [6.45, 7) is 0. The number of hydrogen-bond donors (Lipinski definition) is 1. The molecule has 0 aromatic rings. The minimum absolute atomic E-state index is 0. The first-order valence-corrected chi connectivity index (χ1v) is 2.94. The molecule has 0 aliphatic heterocycles. The highest BCUT2D eigenvalue weighted by Crippen LogP contribution is 1.82. The molecule has 0 saturated carbocycles. The monoisotopic (exact) mass is 142 g/mol. The molecular weight excluding hydrogens is 140 g/mol. The van der Waals surface area contributed by atoms with Crippen LogP contribution in [-0.2, 0) is 9.33 Å². The second-order valence-corrected chi connectivity index (χ2v) is 2.41. The van der Waals surface area contributed by atoms with Gasteiger partial charge in [0.1, 0.15) is 0 Å². The Balaban J connectivity index is 0. The Morgan fingerprint density at radius 1 is 1.50 bits per heavy atom. The third-order valence-electron chi connectivity index (χ3n) is 0. The van der Waals surface area contributed by atoms with Gasteiger partial charge in [-0.2, -0.15) is 8.42 Å². The van der Waals surface area contributed by atoms with Crippen LogP contribution in [0.15, 0.2) is 0 Å². The van der Waals surface area contributed by atoms with Crippen LogP contribution in [-0.4, -0.2) is 36.0 Å². The molecule has 6 heavy (non-hydrogen) atoms. The molecule has 0 aromatic heterocycles. The lowest BCUT2D eigenvalue weighted by molar-refractivity contribution is 0.501. The molecule has 3 nitrogen and oxygen atoms in total. The summed E-state index contributed by atoms with van der Waals surface area (Å²) in [5, 5.41) is 0. The summed E-state index contributed by atoms with van der Waals surface area (Å²) in [5.74, 6) is 0. The van der Waals surface area contributed by atoms with Crippen LogP contribution in [0.2, 0.25) is 0 Å². The maximum atomic E-state index is 8.95. The lowest BCUT2D eigenvalue weighted by Crippen LogP contribution is -1.77. The van der Waals surface area contributed by atoms with Gasteiger partial charge in [0.05, 0.1) is 0 Å². The van der Waals surface area contributed by atoms with E-state index in [9.17, 15) is 0 Å². The molecule has 0 aliphatic rings. The lowest BCUT2D eigenvalue weighted by Gasteiger charge is -1.65. The first-order valence-electron chi connectivity index (χ1n) is 0.670. The predicted molar refractivity (Wildman–Crippen MR) is 25.9 cm³/mol. The number of hydrogen-bond acceptors (Lipinski definition) is 2. The normalized spacial score (nSPS) is 9.67. The van der Waals surface area contributed by atoms with E-state index < -0.39 is 9.33 Å². The summed E-state index contributed by atoms with van der Waals surface area (Å²) in [7, 11) is -0.137. The molecule has 0 atom stereocenters. The van der Waals surface area contributed by atoms with Crippen molar-refractivity contribution in [2.24, 2.45) is 0 Å². The highest BCUT2D eigenvalue weighted by molar-refractivity contribution is 8.09. The summed E-state index contributed by atoms with van der Waals surface area (Å²) in [6.07, 6.45) is 0. The van der Waals surface area contributed by atoms with Gasteiger partial charge >= 0.3 is 32.4 Å². The van der Waals surface area contributed by atoms with Crippen LogP contribution in [0.4, 0.5) is 0 Å². The summed E-state index contributed by atoms with van der Waals surface area (Å²) in [6, 6.07) is 0. The Bertz CT molecular complexity index is 94.0. The van der Waals surface area contributed by atoms with Gasteiger partial charge in [-0.3, -0.25) is 4.55 Å². The van der Waals surface area contributed by atoms with Gasteiger partial charge in [0.2, 0.25) is 0 Å². The zero-order valence-electron chi connectivity index (χ0n) is 2.05. The highest BCUT2D eigenvalue weighted by atomic mass is 35.7. The van der Waals surface area contributed by atoms with Gasteiger partial charge in [-0.05, 0) is 0 Å². The molecule has 36 valence electrons. The van der Waals surface area contributed by atoms with Crippen molar-refractivity contribution in [1.82, 2.24) is 0 Å². The van der Waals surface area contributed by atoms with Crippen molar-refractivity contribution < 1.29 is 13.0 Å². The third-order valence-corrected chi connectivity index (χ3v) is 0. The molecule has 0 aromatic carbocycles. The quantitative estimate of drug-likeness (QED) is 0.272. The van der Waals surface area contributed by atoms with Gasteiger partial charge in [-0.1, -0.05) is 0 Å². The van der Waals surface area contributed by atoms with Gasteiger partial charge in [0.15, 0.2) is 0 Å². The van der Waals surface area contributed by atoms with Crippen LogP contribution >= 0.6 is 10.7 Å². The minimum atomic E-state index is -4.19. The molecule has 0 bridgehead atoms. The average molecular weight is 143 g/mol. The van der Waals surface area contributed by atoms with Crippen molar-refractivity contribution in [2.75, 3.05) is 0 Å². The standard InChI is InChI=1S/ClHO3S.Mg.2H/c1-5(2,3)4;;;/h(H,2,3,4);;;. The molecule has 0 amide bonds. The van der Waals surface area contributed by atoms with Crippen molar-refractivity contribution >= 4 is 43.1 Å². The Morgan fingerprint density at radius 3 is 1.50 bits per heavy atom. The maximum absolute atomic E-state index is 8.95. The van der Waals surface area contributed by atoms with Crippen molar-refractivity contribution in [1.29, 1.82) is 0 Å². The smallest absolute Gasteiger partial charge is 0.273 e. The summed E-state index contributed by atoms with van der Waals surface area (Å²) in [4.78, 5) is 0. The van der Waals surface area contributed by atoms with Crippen LogP contribution < -0.4 is 0 Å². The SMILES string of the molecule is O=S(=O)(O)Cl.[MgH2]. The highest BCUT2D eigenvalue weighted by Gasteiger charge is 1.86. The Morgan fingerprint density at radius 2 is 1.50 bits per heavy atom. The molecule has 0 heterocycles. The fourth-order valence-electron chi connectivity index (χ4n) is 0. The molecule has 0 fully saturated rings. The number of rotatable bonds is 0. The van der Waals surface area contributed by atoms with Gasteiger partial charge in [-0.25, -0.2) is 0 Å². The van der Waals surface area contributed by atoms with Gasteiger partial charge < -0.3 is 0 Å². The molecule has 0 rings (SSSR count). The zero-order chi connectivity index (χ0) is 4.50. The van der Waals surface area contributed by atoms with Crippen LogP contribution in [0.3, 0.4) is 0 Å². The molecule has 0 radical (unpaired) electrons. The molecule has 1 N–H and O–H groups in total. The van der Waals surface area contributed by atoms with Gasteiger partial charge in [0.25, 0.3) is 0 Å². The van der Waals surface area contributed by atoms with E-state index in [1.165, 1.54) is 0 Å². The number of halogens is 1. The molecule has 0 saturated heterocycles. The predicted octanol–water partition coefficient (Wildman–Crippen LogP) is -0.888. The first kappa shape index (κ1) is 10.1. The third kappa shape index (κ3) is 83.7. The van der Waals surface area contributed by atoms with E-state index in [1.807, 2.05) is 0 Å². The van der Waals surface area contributed by atoms with E-state index in [0.29, 0.717) is 0 Å². The van der Waals surface area contributed by atoms with Crippen molar-refractivity contribution in [3.05, 3.63) is 0 Å². The second-order valence-electron chi connectivity index (χ2n) is 0.412. The Labute approximate surface area is 56.1 Å². The first-order chi connectivity index (χ1) is 2.00. The van der Waals surface area contributed by atoms with Gasteiger partial charge in [-0.15, -0.1) is 0 Å². The Hall–Kier alpha value is 0.966. The van der Waals surface area contributed by atoms with E-state index in [0.717, 1.165) is 0 Å². The van der Waals surface area contributed by atoms with E-state index in [-0.39, 0.29) is 23.1 Å². The molecular formula is H3ClMgO3S. The summed E-state index contributed by atoms with van der Waals surface area (Å²) in [5.41, 5.74) is 0. The van der Waals surface area contributed by atoms with Crippen molar-refractivity contribution in [3.8, 4) is 0 Å².